The highest BCUT2D eigenvalue weighted by atomic mass is 19.1. The van der Waals surface area contributed by atoms with Crippen LogP contribution in [-0.4, -0.2) is 17.6 Å². The molecule has 1 aromatic rings. The molecular weight excluding hydrogens is 204 g/mol. The number of benzene rings is 1. The molecule has 0 saturated carbocycles. The first-order valence-corrected chi connectivity index (χ1v) is 4.15. The first-order chi connectivity index (χ1) is 7.06. The number of halogens is 2. The molecule has 0 unspecified atom stereocenters. The molecule has 0 aliphatic heterocycles. The topological polar surface area (TPSA) is 63.3 Å². The molecule has 1 rings (SSSR count). The lowest BCUT2D eigenvalue weighted by atomic mass is 10.1. The number of aromatic carboxylic acids is 1. The van der Waals surface area contributed by atoms with E-state index >= 15 is 0 Å². The molecule has 0 heterocycles. The van der Waals surface area contributed by atoms with Gasteiger partial charge in [-0.3, -0.25) is 0 Å². The summed E-state index contributed by atoms with van der Waals surface area (Å²) in [4.78, 5) is 10.5. The minimum absolute atomic E-state index is 0.0250. The number of hydrogen-bond acceptors (Lipinski definition) is 2. The molecule has 0 atom stereocenters. The molecule has 1 aromatic carbocycles. The second-order valence-corrected chi connectivity index (χ2v) is 2.80. The van der Waals surface area contributed by atoms with Gasteiger partial charge in [0.1, 0.15) is 11.6 Å². The third-order valence-electron chi connectivity index (χ3n) is 1.75. The van der Waals surface area contributed by atoms with Crippen LogP contribution in [0, 0.1) is 11.6 Å². The molecule has 0 saturated heterocycles. The molecule has 80 valence electrons. The van der Waals surface area contributed by atoms with Gasteiger partial charge in [-0.05, 0) is 12.1 Å². The fraction of sp³-hybridized carbons (Fsp3) is 0.100. The van der Waals surface area contributed by atoms with Crippen LogP contribution in [0.25, 0.3) is 6.08 Å². The van der Waals surface area contributed by atoms with Crippen LogP contribution >= 0.6 is 0 Å². The molecule has 15 heavy (non-hydrogen) atoms. The smallest absolute Gasteiger partial charge is 0.338 e. The molecule has 5 heteroatoms. The van der Waals surface area contributed by atoms with Crippen molar-refractivity contribution in [1.29, 1.82) is 0 Å². The van der Waals surface area contributed by atoms with Crippen LogP contribution < -0.4 is 5.73 Å². The summed E-state index contributed by atoms with van der Waals surface area (Å²) in [7, 11) is 0. The van der Waals surface area contributed by atoms with Crippen LogP contribution in [0.15, 0.2) is 18.2 Å². The van der Waals surface area contributed by atoms with Crippen LogP contribution in [0.2, 0.25) is 0 Å². The van der Waals surface area contributed by atoms with E-state index in [1.165, 1.54) is 12.2 Å². The number of carboxylic acids is 1. The first-order valence-electron chi connectivity index (χ1n) is 4.15. The molecule has 0 fully saturated rings. The highest BCUT2D eigenvalue weighted by molar-refractivity contribution is 5.88. The molecule has 0 aromatic heterocycles. The first kappa shape index (κ1) is 11.3. The zero-order chi connectivity index (χ0) is 11.4. The molecule has 0 radical (unpaired) electrons. The van der Waals surface area contributed by atoms with E-state index in [-0.39, 0.29) is 12.1 Å². The third kappa shape index (κ3) is 2.60. The lowest BCUT2D eigenvalue weighted by Gasteiger charge is -2.01. The van der Waals surface area contributed by atoms with Gasteiger partial charge in [-0.15, -0.1) is 0 Å². The number of rotatable bonds is 3. The standard InChI is InChI=1S/C10H9F2NO2/c11-8-5-7(10(14)15)9(12)4-6(8)2-1-3-13/h1-2,4-5H,3,13H2,(H,14,15). The largest absolute Gasteiger partial charge is 0.478 e. The molecule has 0 amide bonds. The lowest BCUT2D eigenvalue weighted by Crippen LogP contribution is -2.02. The van der Waals surface area contributed by atoms with Crippen molar-refractivity contribution >= 4 is 12.0 Å². The predicted molar refractivity (Wildman–Crippen MR) is 51.4 cm³/mol. The van der Waals surface area contributed by atoms with Gasteiger partial charge in [-0.1, -0.05) is 12.2 Å². The molecular formula is C10H9F2NO2. The van der Waals surface area contributed by atoms with Gasteiger partial charge in [0.15, 0.2) is 0 Å². The van der Waals surface area contributed by atoms with Gasteiger partial charge in [0.05, 0.1) is 5.56 Å². The minimum Gasteiger partial charge on any atom is -0.478 e. The van der Waals surface area contributed by atoms with Gasteiger partial charge in [0.2, 0.25) is 0 Å². The van der Waals surface area contributed by atoms with E-state index < -0.39 is 23.2 Å². The number of hydrogen-bond donors (Lipinski definition) is 2. The van der Waals surface area contributed by atoms with E-state index in [4.69, 9.17) is 10.8 Å². The second-order valence-electron chi connectivity index (χ2n) is 2.80. The Kier molecular flexibility index (Phi) is 3.51. The zero-order valence-electron chi connectivity index (χ0n) is 7.71. The third-order valence-corrected chi connectivity index (χ3v) is 1.75. The van der Waals surface area contributed by atoms with Gasteiger partial charge in [0, 0.05) is 12.1 Å². The van der Waals surface area contributed by atoms with Crippen molar-refractivity contribution in [1.82, 2.24) is 0 Å². The Morgan fingerprint density at radius 3 is 2.60 bits per heavy atom. The zero-order valence-corrected chi connectivity index (χ0v) is 7.71. The van der Waals surface area contributed by atoms with Crippen LogP contribution in [0.4, 0.5) is 8.78 Å². The van der Waals surface area contributed by atoms with Crippen molar-refractivity contribution in [3.63, 3.8) is 0 Å². The molecule has 3 N–H and O–H groups in total. The van der Waals surface area contributed by atoms with E-state index in [0.717, 1.165) is 6.07 Å². The summed E-state index contributed by atoms with van der Waals surface area (Å²) in [6.45, 7) is 0.196. The van der Waals surface area contributed by atoms with Gasteiger partial charge in [-0.25, -0.2) is 13.6 Å². The van der Waals surface area contributed by atoms with Crippen molar-refractivity contribution in [3.05, 3.63) is 41.0 Å². The van der Waals surface area contributed by atoms with Crippen LogP contribution in [-0.2, 0) is 0 Å². The van der Waals surface area contributed by atoms with E-state index in [9.17, 15) is 13.6 Å². The van der Waals surface area contributed by atoms with E-state index in [1.807, 2.05) is 0 Å². The molecule has 0 spiro atoms. The molecule has 0 bridgehead atoms. The summed E-state index contributed by atoms with van der Waals surface area (Å²) >= 11 is 0. The average Bonchev–Trinajstić information content (AvgIpc) is 2.18. The monoisotopic (exact) mass is 213 g/mol. The molecule has 0 aliphatic carbocycles. The van der Waals surface area contributed by atoms with Crippen molar-refractivity contribution in [3.8, 4) is 0 Å². The fourth-order valence-corrected chi connectivity index (χ4v) is 1.05. The Labute approximate surface area is 84.8 Å². The van der Waals surface area contributed by atoms with Gasteiger partial charge >= 0.3 is 5.97 Å². The van der Waals surface area contributed by atoms with E-state index in [0.29, 0.717) is 6.07 Å². The maximum Gasteiger partial charge on any atom is 0.338 e. The Morgan fingerprint density at radius 1 is 1.40 bits per heavy atom. The highest BCUT2D eigenvalue weighted by Crippen LogP contribution is 2.16. The Bertz CT molecular complexity index is 416. The van der Waals surface area contributed by atoms with Gasteiger partial charge in [0.25, 0.3) is 0 Å². The Morgan fingerprint density at radius 2 is 2.07 bits per heavy atom. The average molecular weight is 213 g/mol. The Hall–Kier alpha value is -1.75. The predicted octanol–water partition coefficient (Wildman–Crippen LogP) is 1.63. The molecule has 3 nitrogen and oxygen atoms in total. The normalized spacial score (nSPS) is 10.9. The lowest BCUT2D eigenvalue weighted by molar-refractivity contribution is 0.0691. The van der Waals surface area contributed by atoms with Crippen molar-refractivity contribution < 1.29 is 18.7 Å². The van der Waals surface area contributed by atoms with Crippen LogP contribution in [0.1, 0.15) is 15.9 Å². The van der Waals surface area contributed by atoms with Gasteiger partial charge in [-0.2, -0.15) is 0 Å². The van der Waals surface area contributed by atoms with Crippen LogP contribution in [0.3, 0.4) is 0 Å². The summed E-state index contributed by atoms with van der Waals surface area (Å²) in [6, 6.07) is 1.47. The maximum absolute atomic E-state index is 13.2. The number of nitrogens with two attached hydrogens (primary N) is 1. The van der Waals surface area contributed by atoms with Crippen LogP contribution in [0.5, 0.6) is 0 Å². The van der Waals surface area contributed by atoms with E-state index in [1.54, 1.807) is 0 Å². The van der Waals surface area contributed by atoms with E-state index in [2.05, 4.69) is 0 Å². The summed E-state index contributed by atoms with van der Waals surface area (Å²) in [6.07, 6.45) is 2.74. The van der Waals surface area contributed by atoms with Crippen molar-refractivity contribution in [2.75, 3.05) is 6.54 Å². The minimum atomic E-state index is -1.50. The highest BCUT2D eigenvalue weighted by Gasteiger charge is 2.13. The van der Waals surface area contributed by atoms with Gasteiger partial charge < -0.3 is 10.8 Å². The fourth-order valence-electron chi connectivity index (χ4n) is 1.05. The van der Waals surface area contributed by atoms with Crippen molar-refractivity contribution in [2.45, 2.75) is 0 Å². The molecule has 0 aliphatic rings. The second kappa shape index (κ2) is 4.65. The summed E-state index contributed by atoms with van der Waals surface area (Å²) < 4.78 is 26.3. The number of carbonyl (C=O) groups is 1. The Balaban J connectivity index is 3.19. The summed E-state index contributed by atoms with van der Waals surface area (Å²) in [5.41, 5.74) is 4.44. The quantitative estimate of drug-likeness (QED) is 0.802. The number of carboxylic acid groups (broad SMARTS) is 1. The van der Waals surface area contributed by atoms with Crippen molar-refractivity contribution in [2.24, 2.45) is 5.73 Å². The SMILES string of the molecule is NCC=Cc1cc(F)c(C(=O)O)cc1F. The summed E-state index contributed by atoms with van der Waals surface area (Å²) in [5.74, 6) is -3.26. The maximum atomic E-state index is 13.2. The summed E-state index contributed by atoms with van der Waals surface area (Å²) in [5, 5.41) is 8.51.